The number of nitrogens with one attached hydrogen (secondary N) is 1. The Bertz CT molecular complexity index is 253. The van der Waals surface area contributed by atoms with Crippen LogP contribution < -0.4 is 11.1 Å². The summed E-state index contributed by atoms with van der Waals surface area (Å²) in [5.74, 6) is -3.23. The highest BCUT2D eigenvalue weighted by molar-refractivity contribution is 5.79. The molecule has 16 heavy (non-hydrogen) atoms. The van der Waals surface area contributed by atoms with E-state index in [0.29, 0.717) is 0 Å². The third kappa shape index (κ3) is 5.97. The number of carboxylic acids is 2. The standard InChI is InChI=1S/C9H16N2O5/c1-5(8(13)14)4-11-7(12)3-2-6(10)9(15)16/h5-6H,2-4,10H2,1H3,(H,11,12)(H,13,14)(H,15,16)/t5-,6+/m1/s1. The average molecular weight is 232 g/mol. The number of amides is 1. The van der Waals surface area contributed by atoms with E-state index in [2.05, 4.69) is 5.32 Å². The van der Waals surface area contributed by atoms with Crippen molar-refractivity contribution in [2.45, 2.75) is 25.8 Å². The Morgan fingerprint density at radius 2 is 1.81 bits per heavy atom. The summed E-state index contributed by atoms with van der Waals surface area (Å²) < 4.78 is 0. The van der Waals surface area contributed by atoms with Crippen LogP contribution in [-0.4, -0.2) is 40.6 Å². The number of carboxylic acid groups (broad SMARTS) is 2. The summed E-state index contributed by atoms with van der Waals surface area (Å²) in [4.78, 5) is 31.9. The molecule has 0 fully saturated rings. The van der Waals surface area contributed by atoms with Gasteiger partial charge in [-0.05, 0) is 6.42 Å². The summed E-state index contributed by atoms with van der Waals surface area (Å²) in [5.41, 5.74) is 5.20. The predicted molar refractivity (Wildman–Crippen MR) is 54.7 cm³/mol. The highest BCUT2D eigenvalue weighted by Gasteiger charge is 2.15. The first-order chi connectivity index (χ1) is 7.34. The first-order valence-corrected chi connectivity index (χ1v) is 4.82. The van der Waals surface area contributed by atoms with Crippen molar-refractivity contribution in [2.75, 3.05) is 6.54 Å². The zero-order chi connectivity index (χ0) is 12.7. The van der Waals surface area contributed by atoms with Crippen molar-refractivity contribution in [3.63, 3.8) is 0 Å². The summed E-state index contributed by atoms with van der Waals surface area (Å²) in [6, 6.07) is -1.07. The molecule has 0 saturated heterocycles. The van der Waals surface area contributed by atoms with Gasteiger partial charge in [-0.15, -0.1) is 0 Å². The molecule has 0 rings (SSSR count). The fraction of sp³-hybridized carbons (Fsp3) is 0.667. The number of nitrogens with two attached hydrogens (primary N) is 1. The van der Waals surface area contributed by atoms with Crippen molar-refractivity contribution >= 4 is 17.8 Å². The molecule has 7 heteroatoms. The van der Waals surface area contributed by atoms with Gasteiger partial charge in [-0.1, -0.05) is 6.92 Å². The van der Waals surface area contributed by atoms with Gasteiger partial charge in [-0.2, -0.15) is 0 Å². The van der Waals surface area contributed by atoms with Crippen LogP contribution in [0.4, 0.5) is 0 Å². The van der Waals surface area contributed by atoms with Gasteiger partial charge in [0.05, 0.1) is 5.92 Å². The third-order valence-electron chi connectivity index (χ3n) is 2.03. The molecular formula is C9H16N2O5. The van der Waals surface area contributed by atoms with E-state index in [4.69, 9.17) is 15.9 Å². The minimum absolute atomic E-state index is 0.0243. The van der Waals surface area contributed by atoms with Crippen LogP contribution in [-0.2, 0) is 14.4 Å². The molecule has 7 nitrogen and oxygen atoms in total. The Morgan fingerprint density at radius 1 is 1.25 bits per heavy atom. The number of hydrogen-bond donors (Lipinski definition) is 4. The first kappa shape index (κ1) is 14.4. The fourth-order valence-corrected chi connectivity index (χ4v) is 0.853. The molecule has 0 aromatic carbocycles. The van der Waals surface area contributed by atoms with Gasteiger partial charge in [-0.25, -0.2) is 0 Å². The molecule has 0 saturated carbocycles. The smallest absolute Gasteiger partial charge is 0.320 e. The minimum atomic E-state index is -1.16. The van der Waals surface area contributed by atoms with Gasteiger partial charge < -0.3 is 21.3 Å². The summed E-state index contributed by atoms with van der Waals surface area (Å²) in [5, 5.41) is 19.4. The molecular weight excluding hydrogens is 216 g/mol. The van der Waals surface area contributed by atoms with Crippen molar-refractivity contribution in [3.8, 4) is 0 Å². The topological polar surface area (TPSA) is 130 Å². The second-order valence-corrected chi connectivity index (χ2v) is 3.53. The zero-order valence-corrected chi connectivity index (χ0v) is 8.97. The van der Waals surface area contributed by atoms with Crippen LogP contribution in [0.15, 0.2) is 0 Å². The lowest BCUT2D eigenvalue weighted by Gasteiger charge is -2.09. The van der Waals surface area contributed by atoms with Gasteiger partial charge >= 0.3 is 11.9 Å². The largest absolute Gasteiger partial charge is 0.481 e. The molecule has 92 valence electrons. The summed E-state index contributed by atoms with van der Waals surface area (Å²) in [6.45, 7) is 1.49. The molecule has 0 heterocycles. The quantitative estimate of drug-likeness (QED) is 0.446. The normalized spacial score (nSPS) is 13.9. The van der Waals surface area contributed by atoms with Gasteiger partial charge in [0.1, 0.15) is 6.04 Å². The molecule has 0 radical (unpaired) electrons. The van der Waals surface area contributed by atoms with E-state index in [1.165, 1.54) is 6.92 Å². The van der Waals surface area contributed by atoms with E-state index in [0.717, 1.165) is 0 Å². The SMILES string of the molecule is C[C@H](CNC(=O)CC[C@H](N)C(=O)O)C(=O)O. The highest BCUT2D eigenvalue weighted by Crippen LogP contribution is 1.96. The Morgan fingerprint density at radius 3 is 2.25 bits per heavy atom. The molecule has 0 aliphatic rings. The van der Waals surface area contributed by atoms with Gasteiger partial charge in [0, 0.05) is 13.0 Å². The van der Waals surface area contributed by atoms with Gasteiger partial charge in [0.15, 0.2) is 0 Å². The first-order valence-electron chi connectivity index (χ1n) is 4.82. The van der Waals surface area contributed by atoms with Crippen molar-refractivity contribution < 1.29 is 24.6 Å². The molecule has 0 aromatic heterocycles. The van der Waals surface area contributed by atoms with Crippen LogP contribution in [0.5, 0.6) is 0 Å². The number of carbonyl (C=O) groups excluding carboxylic acids is 1. The van der Waals surface area contributed by atoms with Crippen molar-refractivity contribution in [2.24, 2.45) is 11.7 Å². The van der Waals surface area contributed by atoms with E-state index >= 15 is 0 Å². The molecule has 0 bridgehead atoms. The third-order valence-corrected chi connectivity index (χ3v) is 2.03. The average Bonchev–Trinajstić information content (AvgIpc) is 2.21. The van der Waals surface area contributed by atoms with Crippen LogP contribution >= 0.6 is 0 Å². The lowest BCUT2D eigenvalue weighted by Crippen LogP contribution is -2.34. The van der Waals surface area contributed by atoms with Crippen LogP contribution in [0.2, 0.25) is 0 Å². The summed E-state index contributed by atoms with van der Waals surface area (Å²) in [6.07, 6.45) is 0.00241. The second kappa shape index (κ2) is 6.78. The number of carbonyl (C=O) groups is 3. The van der Waals surface area contributed by atoms with Crippen molar-refractivity contribution in [1.29, 1.82) is 0 Å². The van der Waals surface area contributed by atoms with Crippen LogP contribution in [0.1, 0.15) is 19.8 Å². The molecule has 0 aliphatic carbocycles. The Labute approximate surface area is 92.6 Å². The van der Waals surface area contributed by atoms with Gasteiger partial charge in [0.25, 0.3) is 0 Å². The Balaban J connectivity index is 3.75. The lowest BCUT2D eigenvalue weighted by atomic mass is 10.1. The summed E-state index contributed by atoms with van der Waals surface area (Å²) >= 11 is 0. The van der Waals surface area contributed by atoms with Crippen molar-refractivity contribution in [3.05, 3.63) is 0 Å². The van der Waals surface area contributed by atoms with Gasteiger partial charge in [-0.3, -0.25) is 14.4 Å². The zero-order valence-electron chi connectivity index (χ0n) is 8.97. The maximum Gasteiger partial charge on any atom is 0.320 e. The maximum absolute atomic E-state index is 11.1. The Hall–Kier alpha value is -1.63. The number of hydrogen-bond acceptors (Lipinski definition) is 4. The van der Waals surface area contributed by atoms with E-state index < -0.39 is 29.8 Å². The second-order valence-electron chi connectivity index (χ2n) is 3.53. The lowest BCUT2D eigenvalue weighted by molar-refractivity contribution is -0.141. The van der Waals surface area contributed by atoms with E-state index in [9.17, 15) is 14.4 Å². The number of rotatable bonds is 7. The molecule has 0 aromatic rings. The summed E-state index contributed by atoms with van der Waals surface area (Å²) in [7, 11) is 0. The molecule has 2 atom stereocenters. The molecule has 0 spiro atoms. The van der Waals surface area contributed by atoms with Crippen LogP contribution in [0.25, 0.3) is 0 Å². The van der Waals surface area contributed by atoms with Gasteiger partial charge in [0.2, 0.25) is 5.91 Å². The van der Waals surface area contributed by atoms with E-state index in [1.54, 1.807) is 0 Å². The molecule has 5 N–H and O–H groups in total. The predicted octanol–water partition coefficient (Wildman–Crippen LogP) is -0.985. The van der Waals surface area contributed by atoms with Crippen LogP contribution in [0, 0.1) is 5.92 Å². The molecule has 0 unspecified atom stereocenters. The van der Waals surface area contributed by atoms with Crippen molar-refractivity contribution in [1.82, 2.24) is 5.32 Å². The molecule has 1 amide bonds. The van der Waals surface area contributed by atoms with E-state index in [1.807, 2.05) is 0 Å². The monoisotopic (exact) mass is 232 g/mol. The highest BCUT2D eigenvalue weighted by atomic mass is 16.4. The Kier molecular flexibility index (Phi) is 6.09. The fourth-order valence-electron chi connectivity index (χ4n) is 0.853. The van der Waals surface area contributed by atoms with Crippen LogP contribution in [0.3, 0.4) is 0 Å². The minimum Gasteiger partial charge on any atom is -0.481 e. The maximum atomic E-state index is 11.1. The van der Waals surface area contributed by atoms with E-state index in [-0.39, 0.29) is 19.4 Å². The molecule has 0 aliphatic heterocycles. The number of aliphatic carboxylic acids is 2.